The zero-order valence-electron chi connectivity index (χ0n) is 16.2. The Kier molecular flexibility index (Phi) is 4.84. The van der Waals surface area contributed by atoms with Gasteiger partial charge in [-0.1, -0.05) is 0 Å². The second-order valence-corrected chi connectivity index (χ2v) is 7.45. The molecule has 1 aromatic heterocycles. The van der Waals surface area contributed by atoms with Crippen molar-refractivity contribution >= 4 is 11.8 Å². The van der Waals surface area contributed by atoms with Crippen molar-refractivity contribution in [2.75, 3.05) is 11.9 Å². The van der Waals surface area contributed by atoms with Crippen LogP contribution in [0.4, 0.5) is 28.2 Å². The van der Waals surface area contributed by atoms with Crippen LogP contribution in [-0.4, -0.2) is 23.7 Å². The SMILES string of the molecule is O=C(Nc1ccc(Oc2ccc(F)c(F)c2)cn1)NC1[C@H]2COc3c(F)ccc(F)c3[C@@H]12. The molecule has 2 N–H and O–H groups in total. The fourth-order valence-electron chi connectivity index (χ4n) is 3.85. The van der Waals surface area contributed by atoms with Crippen molar-refractivity contribution in [1.29, 1.82) is 0 Å². The third-order valence-electron chi connectivity index (χ3n) is 5.42. The van der Waals surface area contributed by atoms with E-state index in [1.54, 1.807) is 0 Å². The molecule has 1 saturated carbocycles. The molecule has 3 aromatic rings. The van der Waals surface area contributed by atoms with E-state index in [1.807, 2.05) is 0 Å². The quantitative estimate of drug-likeness (QED) is 0.570. The number of fused-ring (bicyclic) bond motifs is 3. The molecule has 3 atom stereocenters. The first-order chi connectivity index (χ1) is 15.4. The summed E-state index contributed by atoms with van der Waals surface area (Å²) in [6.45, 7) is 0.178. The zero-order valence-corrected chi connectivity index (χ0v) is 16.2. The number of hydrogen-bond donors (Lipinski definition) is 2. The minimum atomic E-state index is -1.04. The Morgan fingerprint density at radius 2 is 1.72 bits per heavy atom. The number of hydrogen-bond acceptors (Lipinski definition) is 4. The first kappa shape index (κ1) is 20.1. The van der Waals surface area contributed by atoms with Gasteiger partial charge >= 0.3 is 6.03 Å². The summed E-state index contributed by atoms with van der Waals surface area (Å²) >= 11 is 0. The molecule has 10 heteroatoms. The standard InChI is InChI=1S/C22H15F4N3O3/c23-13-3-1-10(7-16(13)26)32-11-2-6-17(27-8-11)28-22(30)29-20-12-9-31-21-15(25)5-4-14(24)19(21)18(12)20/h1-8,12,18,20H,9H2,(H2,27,28,29,30)/t12-,18-,20?/m0/s1. The number of benzene rings is 2. The second kappa shape index (κ2) is 7.70. The molecule has 32 heavy (non-hydrogen) atoms. The fraction of sp³-hybridized carbons (Fsp3) is 0.182. The van der Waals surface area contributed by atoms with Crippen molar-refractivity contribution in [1.82, 2.24) is 10.3 Å². The van der Waals surface area contributed by atoms with Gasteiger partial charge in [0.2, 0.25) is 0 Å². The number of ether oxygens (including phenoxy) is 2. The van der Waals surface area contributed by atoms with Crippen molar-refractivity contribution in [2.45, 2.75) is 12.0 Å². The largest absolute Gasteiger partial charge is 0.490 e. The lowest BCUT2D eigenvalue weighted by Crippen LogP contribution is -2.32. The van der Waals surface area contributed by atoms with Crippen LogP contribution in [0.3, 0.4) is 0 Å². The molecule has 0 bridgehead atoms. The molecule has 0 radical (unpaired) electrons. The molecule has 5 rings (SSSR count). The molecule has 1 aliphatic heterocycles. The first-order valence-electron chi connectivity index (χ1n) is 9.68. The van der Waals surface area contributed by atoms with Gasteiger partial charge in [0.15, 0.2) is 23.2 Å². The number of aromatic nitrogens is 1. The van der Waals surface area contributed by atoms with E-state index in [9.17, 15) is 22.4 Å². The Morgan fingerprint density at radius 1 is 0.969 bits per heavy atom. The minimum Gasteiger partial charge on any atom is -0.490 e. The Balaban J connectivity index is 1.20. The highest BCUT2D eigenvalue weighted by Gasteiger charge is 2.57. The van der Waals surface area contributed by atoms with E-state index in [0.29, 0.717) is 0 Å². The molecule has 1 aliphatic carbocycles. The van der Waals surface area contributed by atoms with Crippen molar-refractivity contribution in [3.05, 3.63) is 77.5 Å². The highest BCUT2D eigenvalue weighted by Crippen LogP contribution is 2.55. The summed E-state index contributed by atoms with van der Waals surface area (Å²) in [6, 6.07) is 7.15. The Labute approximate surface area is 179 Å². The molecule has 0 saturated heterocycles. The summed E-state index contributed by atoms with van der Waals surface area (Å²) in [5, 5.41) is 5.28. The summed E-state index contributed by atoms with van der Waals surface area (Å²) in [7, 11) is 0. The van der Waals surface area contributed by atoms with E-state index in [4.69, 9.17) is 9.47 Å². The third kappa shape index (κ3) is 3.68. The van der Waals surface area contributed by atoms with E-state index in [-0.39, 0.29) is 47.1 Å². The van der Waals surface area contributed by atoms with Gasteiger partial charge in [0, 0.05) is 29.5 Å². The highest BCUT2D eigenvalue weighted by molar-refractivity contribution is 5.89. The van der Waals surface area contributed by atoms with Crippen LogP contribution in [0.5, 0.6) is 17.2 Å². The number of nitrogens with one attached hydrogen (secondary N) is 2. The van der Waals surface area contributed by atoms with Crippen LogP contribution < -0.4 is 20.1 Å². The number of nitrogens with zero attached hydrogens (tertiary/aromatic N) is 1. The second-order valence-electron chi connectivity index (χ2n) is 7.45. The lowest BCUT2D eigenvalue weighted by molar-refractivity contribution is 0.247. The molecule has 1 unspecified atom stereocenters. The molecule has 6 nitrogen and oxygen atoms in total. The molecule has 2 aliphatic rings. The minimum absolute atomic E-state index is 0.0895. The molecular weight excluding hydrogens is 430 g/mol. The van der Waals surface area contributed by atoms with E-state index >= 15 is 0 Å². The van der Waals surface area contributed by atoms with E-state index in [1.165, 1.54) is 24.4 Å². The Bertz CT molecular complexity index is 1210. The smallest absolute Gasteiger partial charge is 0.320 e. The van der Waals surface area contributed by atoms with Crippen LogP contribution in [-0.2, 0) is 0 Å². The lowest BCUT2D eigenvalue weighted by atomic mass is 10.0. The predicted molar refractivity (Wildman–Crippen MR) is 105 cm³/mol. The summed E-state index contributed by atoms with van der Waals surface area (Å²) in [5.74, 6) is -3.30. The fourth-order valence-corrected chi connectivity index (χ4v) is 3.85. The molecule has 1 fully saturated rings. The molecule has 2 amide bonds. The van der Waals surface area contributed by atoms with Crippen molar-refractivity contribution in [3.63, 3.8) is 0 Å². The average Bonchev–Trinajstić information content (AvgIpc) is 3.47. The highest BCUT2D eigenvalue weighted by atomic mass is 19.2. The molecule has 164 valence electrons. The summed E-state index contributed by atoms with van der Waals surface area (Å²) in [5.41, 5.74) is 0.142. The van der Waals surface area contributed by atoms with Gasteiger partial charge in [0.1, 0.15) is 23.1 Å². The Hall–Kier alpha value is -3.82. The molecule has 0 spiro atoms. The van der Waals surface area contributed by atoms with Gasteiger partial charge in [-0.2, -0.15) is 0 Å². The Morgan fingerprint density at radius 3 is 2.47 bits per heavy atom. The van der Waals surface area contributed by atoms with Crippen LogP contribution in [0.25, 0.3) is 0 Å². The maximum absolute atomic E-state index is 14.2. The number of urea groups is 1. The maximum atomic E-state index is 14.2. The van der Waals surface area contributed by atoms with Gasteiger partial charge in [0.25, 0.3) is 0 Å². The topological polar surface area (TPSA) is 72.5 Å². The molecule has 2 aromatic carbocycles. The average molecular weight is 445 g/mol. The van der Waals surface area contributed by atoms with Crippen molar-refractivity contribution < 1.29 is 31.8 Å². The van der Waals surface area contributed by atoms with Gasteiger partial charge in [-0.05, 0) is 36.4 Å². The van der Waals surface area contributed by atoms with Crippen LogP contribution in [0.15, 0.2) is 48.7 Å². The van der Waals surface area contributed by atoms with E-state index < -0.39 is 35.3 Å². The van der Waals surface area contributed by atoms with Crippen LogP contribution in [0.1, 0.15) is 11.5 Å². The number of carbonyl (C=O) groups is 1. The summed E-state index contributed by atoms with van der Waals surface area (Å²) in [4.78, 5) is 16.4. The third-order valence-corrected chi connectivity index (χ3v) is 5.42. The van der Waals surface area contributed by atoms with Crippen molar-refractivity contribution in [3.8, 4) is 17.2 Å². The van der Waals surface area contributed by atoms with Gasteiger partial charge in [-0.15, -0.1) is 0 Å². The number of amides is 2. The zero-order chi connectivity index (χ0) is 22.4. The monoisotopic (exact) mass is 445 g/mol. The lowest BCUT2D eigenvalue weighted by Gasteiger charge is -2.16. The van der Waals surface area contributed by atoms with Gasteiger partial charge in [0.05, 0.1) is 12.8 Å². The van der Waals surface area contributed by atoms with Gasteiger partial charge < -0.3 is 14.8 Å². The van der Waals surface area contributed by atoms with E-state index in [2.05, 4.69) is 15.6 Å². The summed E-state index contributed by atoms with van der Waals surface area (Å²) < 4.78 is 65.0. The number of halogens is 4. The van der Waals surface area contributed by atoms with Gasteiger partial charge in [-0.25, -0.2) is 27.3 Å². The number of carbonyl (C=O) groups excluding carboxylic acids is 1. The predicted octanol–water partition coefficient (Wildman–Crippen LogP) is 4.73. The number of pyridine rings is 1. The van der Waals surface area contributed by atoms with Gasteiger partial charge in [-0.3, -0.25) is 5.32 Å². The van der Waals surface area contributed by atoms with E-state index in [0.717, 1.165) is 24.3 Å². The normalized spacial score (nSPS) is 20.4. The maximum Gasteiger partial charge on any atom is 0.320 e. The van der Waals surface area contributed by atoms with Crippen LogP contribution in [0, 0.1) is 29.2 Å². The van der Waals surface area contributed by atoms with Crippen LogP contribution >= 0.6 is 0 Å². The first-order valence-corrected chi connectivity index (χ1v) is 9.68. The van der Waals surface area contributed by atoms with Crippen molar-refractivity contribution in [2.24, 2.45) is 5.92 Å². The number of rotatable bonds is 4. The molecular formula is C22H15F4N3O3. The van der Waals surface area contributed by atoms with Crippen LogP contribution in [0.2, 0.25) is 0 Å². The summed E-state index contributed by atoms with van der Waals surface area (Å²) in [6.07, 6.45) is 1.30. The molecule has 2 heterocycles. The number of anilines is 1.